The Kier molecular flexibility index (Phi) is 10.2. The van der Waals surface area contributed by atoms with E-state index in [0.717, 1.165) is 16.7 Å². The Morgan fingerprint density at radius 3 is 2.12 bits per heavy atom. The minimum absolute atomic E-state index is 0.0145. The fraction of sp³-hybridized carbons (Fsp3) is 0.222. The van der Waals surface area contributed by atoms with Crippen LogP contribution in [0, 0.1) is 0 Å². The minimum Gasteiger partial charge on any atom is -0.477 e. The highest BCUT2D eigenvalue weighted by atomic mass is 32.2. The van der Waals surface area contributed by atoms with E-state index in [1.807, 2.05) is 54.6 Å². The quantitative estimate of drug-likeness (QED) is 0.0742. The first-order chi connectivity index (χ1) is 24.8. The van der Waals surface area contributed by atoms with Crippen molar-refractivity contribution in [3.8, 4) is 0 Å². The number of hydrogen-bond acceptors (Lipinski definition) is 12. The van der Waals surface area contributed by atoms with E-state index in [4.69, 9.17) is 9.82 Å². The lowest BCUT2D eigenvalue weighted by atomic mass is 9.77. The van der Waals surface area contributed by atoms with Gasteiger partial charge < -0.3 is 20.6 Å². The van der Waals surface area contributed by atoms with Gasteiger partial charge in [-0.25, -0.2) is 9.78 Å². The molecular formula is C36H31N5O6S4. The summed E-state index contributed by atoms with van der Waals surface area (Å²) in [7, 11) is 1.31. The highest BCUT2D eigenvalue weighted by molar-refractivity contribution is 8.17. The van der Waals surface area contributed by atoms with E-state index in [1.165, 1.54) is 58.6 Å². The molecule has 1 aromatic heterocycles. The second kappa shape index (κ2) is 15.0. The van der Waals surface area contributed by atoms with Gasteiger partial charge in [0.1, 0.15) is 35.5 Å². The van der Waals surface area contributed by atoms with Crippen molar-refractivity contribution in [3.05, 3.63) is 129 Å². The number of amides is 2. The van der Waals surface area contributed by atoms with E-state index in [-0.39, 0.29) is 27.5 Å². The molecule has 15 heteroatoms. The monoisotopic (exact) mass is 757 g/mol. The zero-order chi connectivity index (χ0) is 35.5. The fourth-order valence-electron chi connectivity index (χ4n) is 6.32. The third-order valence-corrected chi connectivity index (χ3v) is 13.4. The first-order valence-corrected chi connectivity index (χ1v) is 19.7. The van der Waals surface area contributed by atoms with E-state index >= 15 is 0 Å². The minimum atomic E-state index is -1.25. The van der Waals surface area contributed by atoms with Crippen molar-refractivity contribution in [3.63, 3.8) is 0 Å². The second-order valence-corrected chi connectivity index (χ2v) is 16.0. The van der Waals surface area contributed by atoms with Crippen LogP contribution in [0.2, 0.25) is 0 Å². The predicted octanol–water partition coefficient (Wildman–Crippen LogP) is 5.36. The topological polar surface area (TPSA) is 150 Å². The number of nitrogens with zero attached hydrogens (tertiary/aromatic N) is 3. The van der Waals surface area contributed by atoms with Crippen LogP contribution in [0.15, 0.2) is 112 Å². The first kappa shape index (κ1) is 34.9. The molecule has 2 fully saturated rings. The lowest BCUT2D eigenvalue weighted by molar-refractivity contribution is -0.150. The second-order valence-electron chi connectivity index (χ2n) is 11.6. The fourth-order valence-corrected chi connectivity index (χ4v) is 11.1. The van der Waals surface area contributed by atoms with Crippen LogP contribution < -0.4 is 10.6 Å². The predicted molar refractivity (Wildman–Crippen MR) is 202 cm³/mol. The van der Waals surface area contributed by atoms with E-state index in [2.05, 4.69) is 52.2 Å². The highest BCUT2D eigenvalue weighted by Crippen LogP contribution is 2.46. The van der Waals surface area contributed by atoms with Crippen molar-refractivity contribution in [2.45, 2.75) is 28.6 Å². The number of carboxylic acid groups (broad SMARTS) is 1. The number of thiazole rings is 1. The highest BCUT2D eigenvalue weighted by Gasteiger charge is 2.55. The molecule has 4 aromatic rings. The Bertz CT molecular complexity index is 1930. The van der Waals surface area contributed by atoms with Gasteiger partial charge in [0, 0.05) is 21.8 Å². The van der Waals surface area contributed by atoms with Gasteiger partial charge in [0.15, 0.2) is 10.8 Å². The molecule has 51 heavy (non-hydrogen) atoms. The number of aromatic nitrogens is 1. The number of hydrogen-bond donors (Lipinski definition) is 3. The lowest BCUT2D eigenvalue weighted by Gasteiger charge is -2.49. The van der Waals surface area contributed by atoms with Crippen LogP contribution in [0.25, 0.3) is 0 Å². The van der Waals surface area contributed by atoms with Crippen LogP contribution in [-0.2, 0) is 29.6 Å². The summed E-state index contributed by atoms with van der Waals surface area (Å²) in [5, 5.41) is 21.7. The molecule has 3 aliphatic heterocycles. The maximum atomic E-state index is 13.7. The number of fused-ring (bicyclic) bond motifs is 1. The Morgan fingerprint density at radius 2 is 1.59 bits per heavy atom. The van der Waals surface area contributed by atoms with Gasteiger partial charge in [0.2, 0.25) is 5.12 Å². The molecule has 3 N–H and O–H groups in total. The summed E-state index contributed by atoms with van der Waals surface area (Å²) in [6.07, 6.45) is 0.645. The Balaban J connectivity index is 1.14. The van der Waals surface area contributed by atoms with Crippen molar-refractivity contribution in [1.29, 1.82) is 0 Å². The van der Waals surface area contributed by atoms with Gasteiger partial charge in [0.25, 0.3) is 11.8 Å². The van der Waals surface area contributed by atoms with Crippen LogP contribution >= 0.6 is 46.6 Å². The molecule has 0 aliphatic carbocycles. The van der Waals surface area contributed by atoms with Gasteiger partial charge in [-0.3, -0.25) is 19.3 Å². The van der Waals surface area contributed by atoms with Gasteiger partial charge in [-0.1, -0.05) is 108 Å². The van der Waals surface area contributed by atoms with Gasteiger partial charge in [-0.15, -0.1) is 34.9 Å². The van der Waals surface area contributed by atoms with Gasteiger partial charge in [-0.05, 0) is 23.1 Å². The standard InChI is InChI=1S/C36H31N5O6S4/c1-47-40-27(30(42)38-28-31(43)41-29(33(44)45)26(20-49-32(28)41)51-25-17-18-48-34(25)46)24-19-50-35(37-24)39-36(21-11-5-2-6-12-21,22-13-7-3-8-14-22)23-15-9-4-10-16-23/h2-16,19,25,28,32H,17-18,20H2,1H3,(H,37,39)(H,38,42)(H,44,45)/b40-27-/t25?,28-,32-/m1/s1. The number of rotatable bonds is 12. The molecule has 3 atom stereocenters. The van der Waals surface area contributed by atoms with Gasteiger partial charge in [-0.2, -0.15) is 0 Å². The molecule has 3 aromatic carbocycles. The van der Waals surface area contributed by atoms with E-state index in [0.29, 0.717) is 28.0 Å². The molecule has 11 nitrogen and oxygen atoms in total. The molecule has 1 unspecified atom stereocenters. The molecular weight excluding hydrogens is 727 g/mol. The van der Waals surface area contributed by atoms with Crippen LogP contribution in [0.3, 0.4) is 0 Å². The number of oxime groups is 1. The molecule has 0 bridgehead atoms. The molecule has 4 heterocycles. The van der Waals surface area contributed by atoms with E-state index < -0.39 is 34.7 Å². The van der Waals surface area contributed by atoms with Crippen molar-refractivity contribution < 1.29 is 29.1 Å². The zero-order valence-electron chi connectivity index (χ0n) is 27.1. The van der Waals surface area contributed by atoms with Crippen molar-refractivity contribution >= 4 is 80.4 Å². The number of nitrogens with one attached hydrogen (secondary N) is 2. The first-order valence-electron chi connectivity index (χ1n) is 15.9. The summed E-state index contributed by atoms with van der Waals surface area (Å²) in [5.41, 5.74) is 2.04. The van der Waals surface area contributed by atoms with Crippen molar-refractivity contribution in [2.75, 3.05) is 23.9 Å². The number of carbonyl (C=O) groups is 4. The number of β-lactam (4-membered cyclic amide) rings is 1. The summed E-state index contributed by atoms with van der Waals surface area (Å²) in [6, 6.07) is 29.1. The molecule has 7 rings (SSSR count). The smallest absolute Gasteiger partial charge is 0.353 e. The average Bonchev–Trinajstić information content (AvgIpc) is 3.80. The zero-order valence-corrected chi connectivity index (χ0v) is 30.3. The normalized spacial score (nSPS) is 20.5. The third kappa shape index (κ3) is 6.66. The summed E-state index contributed by atoms with van der Waals surface area (Å²) < 4.78 is 0. The third-order valence-electron chi connectivity index (χ3n) is 8.65. The van der Waals surface area contributed by atoms with Crippen molar-refractivity contribution in [2.24, 2.45) is 5.16 Å². The van der Waals surface area contributed by atoms with Crippen LogP contribution in [0.5, 0.6) is 0 Å². The van der Waals surface area contributed by atoms with Crippen LogP contribution in [0.4, 0.5) is 5.13 Å². The summed E-state index contributed by atoms with van der Waals surface area (Å²) in [6.45, 7) is 0. The Labute approximate surface area is 310 Å². The summed E-state index contributed by atoms with van der Waals surface area (Å²) >= 11 is 5.09. The Morgan fingerprint density at radius 1 is 0.980 bits per heavy atom. The molecule has 0 spiro atoms. The largest absolute Gasteiger partial charge is 0.477 e. The molecule has 0 radical (unpaired) electrons. The van der Waals surface area contributed by atoms with E-state index in [1.54, 1.807) is 5.38 Å². The number of carbonyl (C=O) groups excluding carboxylic acids is 3. The van der Waals surface area contributed by atoms with Crippen molar-refractivity contribution in [1.82, 2.24) is 15.2 Å². The van der Waals surface area contributed by atoms with Crippen LogP contribution in [-0.4, -0.2) is 78.9 Å². The van der Waals surface area contributed by atoms with Crippen LogP contribution in [0.1, 0.15) is 28.8 Å². The maximum absolute atomic E-state index is 13.7. The lowest BCUT2D eigenvalue weighted by Crippen LogP contribution is -2.71. The maximum Gasteiger partial charge on any atom is 0.353 e. The number of carboxylic acids is 1. The number of thioether (sulfide) groups is 3. The molecule has 2 saturated heterocycles. The molecule has 0 saturated carbocycles. The number of anilines is 1. The van der Waals surface area contributed by atoms with Gasteiger partial charge in [0.05, 0.1) is 5.25 Å². The molecule has 260 valence electrons. The number of benzene rings is 3. The number of aliphatic carboxylic acids is 1. The molecule has 3 aliphatic rings. The van der Waals surface area contributed by atoms with Gasteiger partial charge >= 0.3 is 5.97 Å². The van der Waals surface area contributed by atoms with E-state index in [9.17, 15) is 24.3 Å². The summed E-state index contributed by atoms with van der Waals surface area (Å²) in [5.74, 6) is -1.51. The SMILES string of the molecule is CO/N=C(\C(=O)N[C@@H]1C(=O)N2C(C(=O)O)=C(SC3CCSC3=O)CS[C@H]12)c1csc(NC(c2ccccc2)(c2ccccc2)c2ccccc2)n1. The summed E-state index contributed by atoms with van der Waals surface area (Å²) in [4.78, 5) is 63.2. The average molecular weight is 758 g/mol. The Hall–Kier alpha value is -4.57. The molecule has 2 amide bonds.